The second kappa shape index (κ2) is 6.56. The van der Waals surface area contributed by atoms with Gasteiger partial charge in [0.25, 0.3) is 0 Å². The van der Waals surface area contributed by atoms with Gasteiger partial charge in [-0.25, -0.2) is 0 Å². The number of hydrogen-bond donors (Lipinski definition) is 1. The Morgan fingerprint density at radius 1 is 1.50 bits per heavy atom. The fourth-order valence-electron chi connectivity index (χ4n) is 1.34. The highest BCUT2D eigenvalue weighted by atomic mass is 16.5. The van der Waals surface area contributed by atoms with Gasteiger partial charge in [0.05, 0.1) is 6.20 Å². The summed E-state index contributed by atoms with van der Waals surface area (Å²) >= 11 is 0. The number of aromatic nitrogens is 2. The van der Waals surface area contributed by atoms with E-state index in [1.54, 1.807) is 7.11 Å². The molecule has 14 heavy (non-hydrogen) atoms. The Morgan fingerprint density at radius 2 is 2.36 bits per heavy atom. The van der Waals surface area contributed by atoms with E-state index in [1.165, 1.54) is 5.56 Å². The van der Waals surface area contributed by atoms with Gasteiger partial charge < -0.3 is 10.5 Å². The SMILES string of the molecule is COCCCCn1cc(CCN)cn1. The normalized spacial score (nSPS) is 10.7. The standard InChI is InChI=1S/C10H19N3O/c1-14-7-3-2-6-13-9-10(4-5-11)8-12-13/h8-9H,2-7,11H2,1H3. The Balaban J connectivity index is 2.22. The molecule has 0 aliphatic carbocycles. The third-order valence-corrected chi connectivity index (χ3v) is 2.11. The minimum absolute atomic E-state index is 0.690. The third kappa shape index (κ3) is 3.89. The van der Waals surface area contributed by atoms with Gasteiger partial charge in [0.2, 0.25) is 0 Å². The van der Waals surface area contributed by atoms with Gasteiger partial charge in [0.15, 0.2) is 0 Å². The van der Waals surface area contributed by atoms with Crippen LogP contribution in [0.5, 0.6) is 0 Å². The van der Waals surface area contributed by atoms with Crippen LogP contribution in [0.25, 0.3) is 0 Å². The zero-order chi connectivity index (χ0) is 10.2. The molecule has 0 aliphatic rings. The maximum Gasteiger partial charge on any atom is 0.0522 e. The number of unbranched alkanes of at least 4 members (excludes halogenated alkanes) is 1. The van der Waals surface area contributed by atoms with Crippen molar-refractivity contribution in [1.82, 2.24) is 9.78 Å². The Kier molecular flexibility index (Phi) is 5.25. The topological polar surface area (TPSA) is 53.1 Å². The second-order valence-corrected chi connectivity index (χ2v) is 3.35. The molecule has 0 fully saturated rings. The number of aryl methyl sites for hydroxylation is 1. The second-order valence-electron chi connectivity index (χ2n) is 3.35. The van der Waals surface area contributed by atoms with E-state index >= 15 is 0 Å². The molecule has 0 spiro atoms. The number of nitrogens with zero attached hydrogens (tertiary/aromatic N) is 2. The quantitative estimate of drug-likeness (QED) is 0.658. The van der Waals surface area contributed by atoms with Crippen molar-refractivity contribution >= 4 is 0 Å². The minimum atomic E-state index is 0.690. The first kappa shape index (κ1) is 11.2. The molecule has 0 amide bonds. The summed E-state index contributed by atoms with van der Waals surface area (Å²) in [6.07, 6.45) is 7.07. The van der Waals surface area contributed by atoms with E-state index in [4.69, 9.17) is 10.5 Å². The highest BCUT2D eigenvalue weighted by molar-refractivity contribution is 5.03. The summed E-state index contributed by atoms with van der Waals surface area (Å²) in [6, 6.07) is 0. The van der Waals surface area contributed by atoms with E-state index in [0.717, 1.165) is 32.4 Å². The molecule has 1 rings (SSSR count). The van der Waals surface area contributed by atoms with Crippen LogP contribution in [0.2, 0.25) is 0 Å². The summed E-state index contributed by atoms with van der Waals surface area (Å²) in [4.78, 5) is 0. The molecule has 4 nitrogen and oxygen atoms in total. The van der Waals surface area contributed by atoms with E-state index in [2.05, 4.69) is 11.3 Å². The maximum absolute atomic E-state index is 5.46. The maximum atomic E-state index is 5.46. The first-order chi connectivity index (χ1) is 6.86. The lowest BCUT2D eigenvalue weighted by Crippen LogP contribution is -2.02. The average molecular weight is 197 g/mol. The molecule has 1 aromatic rings. The lowest BCUT2D eigenvalue weighted by molar-refractivity contribution is 0.191. The molecule has 2 N–H and O–H groups in total. The summed E-state index contributed by atoms with van der Waals surface area (Å²) in [5, 5.41) is 4.25. The van der Waals surface area contributed by atoms with Crippen molar-refractivity contribution in [3.05, 3.63) is 18.0 Å². The van der Waals surface area contributed by atoms with Gasteiger partial charge in [-0.2, -0.15) is 5.10 Å². The molecule has 0 atom stereocenters. The molecule has 1 heterocycles. The van der Waals surface area contributed by atoms with E-state index in [0.29, 0.717) is 6.54 Å². The number of nitrogens with two attached hydrogens (primary N) is 1. The molecule has 1 aromatic heterocycles. The van der Waals surface area contributed by atoms with Crippen LogP contribution < -0.4 is 5.73 Å². The van der Waals surface area contributed by atoms with Crippen molar-refractivity contribution in [2.75, 3.05) is 20.3 Å². The summed E-state index contributed by atoms with van der Waals surface area (Å²) < 4.78 is 6.95. The van der Waals surface area contributed by atoms with Crippen LogP contribution in [0.4, 0.5) is 0 Å². The predicted octanol–water partition coefficient (Wildman–Crippen LogP) is 0.811. The van der Waals surface area contributed by atoms with Crippen molar-refractivity contribution < 1.29 is 4.74 Å². The Morgan fingerprint density at radius 3 is 3.07 bits per heavy atom. The van der Waals surface area contributed by atoms with Crippen LogP contribution in [-0.2, 0) is 17.7 Å². The van der Waals surface area contributed by atoms with E-state index in [-0.39, 0.29) is 0 Å². The first-order valence-corrected chi connectivity index (χ1v) is 5.07. The van der Waals surface area contributed by atoms with E-state index in [9.17, 15) is 0 Å². The fraction of sp³-hybridized carbons (Fsp3) is 0.700. The van der Waals surface area contributed by atoms with Gasteiger partial charge in [-0.1, -0.05) is 0 Å². The van der Waals surface area contributed by atoms with Gasteiger partial charge >= 0.3 is 0 Å². The summed E-state index contributed by atoms with van der Waals surface area (Å²) in [7, 11) is 1.73. The Bertz CT molecular complexity index is 247. The zero-order valence-electron chi connectivity index (χ0n) is 8.78. The molecule has 0 unspecified atom stereocenters. The highest BCUT2D eigenvalue weighted by Gasteiger charge is 1.97. The number of hydrogen-bond acceptors (Lipinski definition) is 3. The van der Waals surface area contributed by atoms with Crippen LogP contribution >= 0.6 is 0 Å². The fourth-order valence-corrected chi connectivity index (χ4v) is 1.34. The molecule has 4 heteroatoms. The van der Waals surface area contributed by atoms with E-state index < -0.39 is 0 Å². The first-order valence-electron chi connectivity index (χ1n) is 5.07. The molecule has 0 saturated heterocycles. The zero-order valence-corrected chi connectivity index (χ0v) is 8.78. The minimum Gasteiger partial charge on any atom is -0.385 e. The summed E-state index contributed by atoms with van der Waals surface area (Å²) in [5.41, 5.74) is 6.68. The molecule has 0 bridgehead atoms. The average Bonchev–Trinajstić information content (AvgIpc) is 2.61. The highest BCUT2D eigenvalue weighted by Crippen LogP contribution is 2.00. The van der Waals surface area contributed by atoms with Crippen LogP contribution in [0, 0.1) is 0 Å². The van der Waals surface area contributed by atoms with Crippen molar-refractivity contribution in [2.45, 2.75) is 25.8 Å². The Hall–Kier alpha value is -0.870. The molecular weight excluding hydrogens is 178 g/mol. The van der Waals surface area contributed by atoms with Crippen LogP contribution in [0.1, 0.15) is 18.4 Å². The molecule has 0 aromatic carbocycles. The monoisotopic (exact) mass is 197 g/mol. The molecule has 80 valence electrons. The van der Waals surface area contributed by atoms with Crippen molar-refractivity contribution in [2.24, 2.45) is 5.73 Å². The Labute approximate surface area is 85.0 Å². The lowest BCUT2D eigenvalue weighted by Gasteiger charge is -2.00. The lowest BCUT2D eigenvalue weighted by atomic mass is 10.2. The van der Waals surface area contributed by atoms with E-state index in [1.807, 2.05) is 10.9 Å². The van der Waals surface area contributed by atoms with Gasteiger partial charge in [-0.3, -0.25) is 4.68 Å². The summed E-state index contributed by atoms with van der Waals surface area (Å²) in [6.45, 7) is 2.49. The van der Waals surface area contributed by atoms with Crippen molar-refractivity contribution in [3.8, 4) is 0 Å². The van der Waals surface area contributed by atoms with Gasteiger partial charge in [0.1, 0.15) is 0 Å². The van der Waals surface area contributed by atoms with Crippen LogP contribution in [0.15, 0.2) is 12.4 Å². The van der Waals surface area contributed by atoms with Gasteiger partial charge in [0, 0.05) is 26.5 Å². The number of methoxy groups -OCH3 is 1. The number of ether oxygens (including phenoxy) is 1. The van der Waals surface area contributed by atoms with Crippen LogP contribution in [0.3, 0.4) is 0 Å². The van der Waals surface area contributed by atoms with Gasteiger partial charge in [-0.15, -0.1) is 0 Å². The van der Waals surface area contributed by atoms with Crippen LogP contribution in [-0.4, -0.2) is 30.0 Å². The third-order valence-electron chi connectivity index (χ3n) is 2.11. The molecule has 0 radical (unpaired) electrons. The van der Waals surface area contributed by atoms with Gasteiger partial charge in [-0.05, 0) is 31.4 Å². The predicted molar refractivity (Wildman–Crippen MR) is 56.1 cm³/mol. The molecule has 0 aliphatic heterocycles. The number of rotatable bonds is 7. The largest absolute Gasteiger partial charge is 0.385 e. The van der Waals surface area contributed by atoms with Crippen molar-refractivity contribution in [1.29, 1.82) is 0 Å². The molecular formula is C10H19N3O. The molecule has 0 saturated carbocycles. The summed E-state index contributed by atoms with van der Waals surface area (Å²) in [5.74, 6) is 0. The smallest absolute Gasteiger partial charge is 0.0522 e. The van der Waals surface area contributed by atoms with Crippen molar-refractivity contribution in [3.63, 3.8) is 0 Å².